The monoisotopic (exact) mass is 401 g/mol. The first-order chi connectivity index (χ1) is 8.99. The predicted molar refractivity (Wildman–Crippen MR) is 86.9 cm³/mol. The Labute approximate surface area is 133 Å². The van der Waals surface area contributed by atoms with E-state index in [9.17, 15) is 5.11 Å². The van der Waals surface area contributed by atoms with Gasteiger partial charge >= 0.3 is 0 Å². The van der Waals surface area contributed by atoms with Crippen molar-refractivity contribution in [2.45, 2.75) is 6.92 Å². The van der Waals surface area contributed by atoms with Crippen LogP contribution < -0.4 is 0 Å². The van der Waals surface area contributed by atoms with Crippen molar-refractivity contribution in [2.24, 2.45) is 4.99 Å². The summed E-state index contributed by atoms with van der Waals surface area (Å²) >= 11 is 12.6. The second-order valence-electron chi connectivity index (χ2n) is 3.98. The molecule has 98 valence electrons. The van der Waals surface area contributed by atoms with E-state index in [1.54, 1.807) is 18.3 Å². The maximum atomic E-state index is 9.64. The number of aliphatic imine (C=N–C) groups is 1. The highest BCUT2D eigenvalue weighted by molar-refractivity contribution is 9.11. The van der Waals surface area contributed by atoms with Gasteiger partial charge in [0.2, 0.25) is 0 Å². The quantitative estimate of drug-likeness (QED) is 0.648. The molecule has 2 aromatic rings. The highest BCUT2D eigenvalue weighted by atomic mass is 79.9. The molecule has 0 amide bonds. The van der Waals surface area contributed by atoms with Gasteiger partial charge in [-0.05, 0) is 74.2 Å². The molecule has 0 fully saturated rings. The molecular weight excluding hydrogens is 393 g/mol. The predicted octanol–water partition coefficient (Wildman–Crippen LogP) is 5.63. The molecule has 2 nitrogen and oxygen atoms in total. The number of rotatable bonds is 2. The van der Waals surface area contributed by atoms with Gasteiger partial charge in [0.1, 0.15) is 5.75 Å². The average Bonchev–Trinajstić information content (AvgIpc) is 2.37. The van der Waals surface area contributed by atoms with Crippen LogP contribution in [0.1, 0.15) is 11.1 Å². The van der Waals surface area contributed by atoms with Gasteiger partial charge in [0.25, 0.3) is 0 Å². The lowest BCUT2D eigenvalue weighted by Crippen LogP contribution is -1.84. The van der Waals surface area contributed by atoms with Crippen LogP contribution in [0, 0.1) is 6.92 Å². The van der Waals surface area contributed by atoms with Gasteiger partial charge in [-0.15, -0.1) is 0 Å². The Balaban J connectivity index is 2.35. The highest BCUT2D eigenvalue weighted by Crippen LogP contribution is 2.33. The topological polar surface area (TPSA) is 32.6 Å². The van der Waals surface area contributed by atoms with Gasteiger partial charge in [-0.3, -0.25) is 4.99 Å². The lowest BCUT2D eigenvalue weighted by atomic mass is 10.2. The van der Waals surface area contributed by atoms with E-state index in [1.807, 2.05) is 25.1 Å². The molecule has 0 aliphatic heterocycles. The van der Waals surface area contributed by atoms with Crippen molar-refractivity contribution >= 4 is 55.4 Å². The summed E-state index contributed by atoms with van der Waals surface area (Å²) in [4.78, 5) is 4.42. The van der Waals surface area contributed by atoms with E-state index >= 15 is 0 Å². The first kappa shape index (κ1) is 14.6. The van der Waals surface area contributed by atoms with Crippen LogP contribution in [0.25, 0.3) is 0 Å². The van der Waals surface area contributed by atoms with Gasteiger partial charge in [-0.1, -0.05) is 17.7 Å². The second kappa shape index (κ2) is 6.07. The molecule has 0 bridgehead atoms. The van der Waals surface area contributed by atoms with Crippen molar-refractivity contribution in [3.8, 4) is 5.75 Å². The van der Waals surface area contributed by atoms with Crippen molar-refractivity contribution in [1.29, 1.82) is 0 Å². The number of benzene rings is 2. The zero-order chi connectivity index (χ0) is 14.0. The Morgan fingerprint density at radius 2 is 1.84 bits per heavy atom. The molecule has 5 heteroatoms. The molecule has 0 atom stereocenters. The molecule has 1 N–H and O–H groups in total. The molecule has 2 rings (SSSR count). The maximum absolute atomic E-state index is 9.64. The summed E-state index contributed by atoms with van der Waals surface area (Å²) in [6, 6.07) is 9.20. The second-order valence-corrected chi connectivity index (χ2v) is 6.09. The van der Waals surface area contributed by atoms with Crippen LogP contribution in [0.3, 0.4) is 0 Å². The van der Waals surface area contributed by atoms with Gasteiger partial charge in [0.05, 0.1) is 14.6 Å². The number of hydrogen-bond donors (Lipinski definition) is 1. The van der Waals surface area contributed by atoms with Crippen LogP contribution in [0.4, 0.5) is 5.69 Å². The molecule has 0 saturated heterocycles. The number of phenolic OH excluding ortho intramolecular Hbond substituents is 1. The number of nitrogens with zero attached hydrogens (tertiary/aromatic N) is 1. The largest absolute Gasteiger partial charge is 0.506 e. The Morgan fingerprint density at radius 1 is 1.21 bits per heavy atom. The highest BCUT2D eigenvalue weighted by Gasteiger charge is 2.05. The normalized spacial score (nSPS) is 11.2. The summed E-state index contributed by atoms with van der Waals surface area (Å²) in [5.41, 5.74) is 2.64. The molecule has 0 heterocycles. The molecular formula is C14H10Br2ClNO. The lowest BCUT2D eigenvalue weighted by Gasteiger charge is -2.03. The smallest absolute Gasteiger partial charge is 0.143 e. The molecule has 19 heavy (non-hydrogen) atoms. The Hall–Kier alpha value is -0.840. The van der Waals surface area contributed by atoms with Crippen LogP contribution in [0.5, 0.6) is 5.75 Å². The fourth-order valence-electron chi connectivity index (χ4n) is 1.54. The number of phenols is 1. The van der Waals surface area contributed by atoms with Gasteiger partial charge in [-0.25, -0.2) is 0 Å². The van der Waals surface area contributed by atoms with Crippen LogP contribution in [-0.4, -0.2) is 11.3 Å². The molecule has 0 aliphatic rings. The van der Waals surface area contributed by atoms with Crippen molar-refractivity contribution < 1.29 is 5.11 Å². The van der Waals surface area contributed by atoms with Gasteiger partial charge in [0, 0.05) is 11.2 Å². The first-order valence-corrected chi connectivity index (χ1v) is 7.42. The summed E-state index contributed by atoms with van der Waals surface area (Å²) in [5.74, 6) is 0.177. The number of hydrogen-bond acceptors (Lipinski definition) is 2. The van der Waals surface area contributed by atoms with Crippen molar-refractivity contribution in [3.05, 3.63) is 55.4 Å². The molecule has 0 radical (unpaired) electrons. The fourth-order valence-corrected chi connectivity index (χ4v) is 2.93. The minimum Gasteiger partial charge on any atom is -0.506 e. The zero-order valence-electron chi connectivity index (χ0n) is 9.99. The molecule has 2 aromatic carbocycles. The summed E-state index contributed by atoms with van der Waals surface area (Å²) in [5, 5.41) is 10.3. The van der Waals surface area contributed by atoms with E-state index in [0.717, 1.165) is 16.8 Å². The van der Waals surface area contributed by atoms with E-state index in [0.29, 0.717) is 14.0 Å². The SMILES string of the molecule is Cc1c(Cl)cccc1N=Cc1cc(Br)c(O)c(Br)c1. The third-order valence-electron chi connectivity index (χ3n) is 2.63. The van der Waals surface area contributed by atoms with E-state index in [1.165, 1.54) is 0 Å². The third kappa shape index (κ3) is 3.38. The van der Waals surface area contributed by atoms with Crippen molar-refractivity contribution in [3.63, 3.8) is 0 Å². The van der Waals surface area contributed by atoms with Crippen LogP contribution in [-0.2, 0) is 0 Å². The minimum atomic E-state index is 0.177. The molecule has 0 aromatic heterocycles. The third-order valence-corrected chi connectivity index (χ3v) is 4.25. The summed E-state index contributed by atoms with van der Waals surface area (Å²) in [6.07, 6.45) is 1.73. The zero-order valence-corrected chi connectivity index (χ0v) is 13.9. The summed E-state index contributed by atoms with van der Waals surface area (Å²) in [6.45, 7) is 1.93. The van der Waals surface area contributed by atoms with Crippen LogP contribution >= 0.6 is 43.5 Å². The Bertz CT molecular complexity index is 633. The molecule has 0 saturated carbocycles. The maximum Gasteiger partial charge on any atom is 0.143 e. The van der Waals surface area contributed by atoms with E-state index in [2.05, 4.69) is 36.9 Å². The standard InChI is InChI=1S/C14H10Br2ClNO/c1-8-12(17)3-2-4-13(8)18-7-9-5-10(15)14(19)11(16)6-9/h2-7,19H,1H3. The van der Waals surface area contributed by atoms with Crippen molar-refractivity contribution in [1.82, 2.24) is 0 Å². The van der Waals surface area contributed by atoms with E-state index < -0.39 is 0 Å². The van der Waals surface area contributed by atoms with Crippen molar-refractivity contribution in [2.75, 3.05) is 0 Å². The van der Waals surface area contributed by atoms with Crippen LogP contribution in [0.15, 0.2) is 44.3 Å². The Kier molecular flexibility index (Phi) is 4.66. The number of aromatic hydroxyl groups is 1. The lowest BCUT2D eigenvalue weighted by molar-refractivity contribution is 0.468. The first-order valence-electron chi connectivity index (χ1n) is 5.46. The van der Waals surface area contributed by atoms with Crippen LogP contribution in [0.2, 0.25) is 5.02 Å². The molecule has 0 unspecified atom stereocenters. The Morgan fingerprint density at radius 3 is 2.47 bits per heavy atom. The average molecular weight is 404 g/mol. The summed E-state index contributed by atoms with van der Waals surface area (Å²) < 4.78 is 1.23. The molecule has 0 aliphatic carbocycles. The fraction of sp³-hybridized carbons (Fsp3) is 0.0714. The molecule has 0 spiro atoms. The number of halogens is 3. The van der Waals surface area contributed by atoms with E-state index in [4.69, 9.17) is 11.6 Å². The summed E-state index contributed by atoms with van der Waals surface area (Å²) in [7, 11) is 0. The minimum absolute atomic E-state index is 0.177. The van der Waals surface area contributed by atoms with Gasteiger partial charge in [0.15, 0.2) is 0 Å². The van der Waals surface area contributed by atoms with Gasteiger partial charge in [-0.2, -0.15) is 0 Å². The van der Waals surface area contributed by atoms with Gasteiger partial charge < -0.3 is 5.11 Å². The van der Waals surface area contributed by atoms with E-state index in [-0.39, 0.29) is 5.75 Å².